The van der Waals surface area contributed by atoms with Crippen LogP contribution in [0.2, 0.25) is 0 Å². The van der Waals surface area contributed by atoms with E-state index in [2.05, 4.69) is 29.2 Å². The summed E-state index contributed by atoms with van der Waals surface area (Å²) in [4.78, 5) is 3.35. The summed E-state index contributed by atoms with van der Waals surface area (Å²) in [6.45, 7) is 0.707. The molecule has 2 aromatic carbocycles. The monoisotopic (exact) mass is 319 g/mol. The molecule has 21 heavy (non-hydrogen) atoms. The molecule has 110 valence electrons. The second-order valence-electron chi connectivity index (χ2n) is 5.25. The lowest BCUT2D eigenvalue weighted by atomic mass is 10.2. The maximum atomic E-state index is 11.6. The number of nitrogens with zero attached hydrogens (tertiary/aromatic N) is 1. The Kier molecular flexibility index (Phi) is 3.95. The lowest BCUT2D eigenvalue weighted by molar-refractivity contribution is 0.599. The lowest BCUT2D eigenvalue weighted by Crippen LogP contribution is -2.34. The van der Waals surface area contributed by atoms with Crippen molar-refractivity contribution in [3.05, 3.63) is 54.6 Å². The average Bonchev–Trinajstić information content (AvgIpc) is 2.45. The Bertz CT molecular complexity index is 729. The molecule has 1 aliphatic rings. The van der Waals surface area contributed by atoms with Crippen molar-refractivity contribution in [3.8, 4) is 0 Å². The molecule has 1 heterocycles. The molecule has 0 spiro atoms. The van der Waals surface area contributed by atoms with Crippen molar-refractivity contribution in [3.63, 3.8) is 0 Å². The number of fused-ring (bicyclic) bond motifs is 1. The van der Waals surface area contributed by atoms with Gasteiger partial charge < -0.3 is 4.90 Å². The maximum Gasteiger partial charge on any atom is 0.148 e. The molecule has 0 fully saturated rings. The Labute approximate surface area is 129 Å². The van der Waals surface area contributed by atoms with E-state index >= 15 is 0 Å². The summed E-state index contributed by atoms with van der Waals surface area (Å²) >= 11 is 1.66. The van der Waals surface area contributed by atoms with Gasteiger partial charge in [-0.3, -0.25) is 0 Å². The van der Waals surface area contributed by atoms with Crippen molar-refractivity contribution in [2.45, 2.75) is 10.1 Å². The zero-order valence-electron chi connectivity index (χ0n) is 11.8. The number of benzene rings is 2. The molecular formula is C16H17NO2S2. The van der Waals surface area contributed by atoms with Crippen LogP contribution in [0.3, 0.4) is 0 Å². The number of anilines is 2. The number of hydrogen-bond donors (Lipinski definition) is 0. The van der Waals surface area contributed by atoms with Gasteiger partial charge in [-0.25, -0.2) is 8.42 Å². The topological polar surface area (TPSA) is 37.4 Å². The molecule has 0 bridgehead atoms. The predicted octanol–water partition coefficient (Wildman–Crippen LogP) is 3.34. The second kappa shape index (κ2) is 5.73. The first kappa shape index (κ1) is 14.5. The summed E-state index contributed by atoms with van der Waals surface area (Å²) < 4.78 is 23.2. The van der Waals surface area contributed by atoms with E-state index in [0.29, 0.717) is 6.54 Å². The molecule has 0 aliphatic carbocycles. The van der Waals surface area contributed by atoms with Gasteiger partial charge in [-0.2, -0.15) is 0 Å². The SMILES string of the molecule is CS(=O)(=O)CC1CN(c2ccccc2)c2ccccc2S1. The minimum absolute atomic E-state index is 0.0510. The van der Waals surface area contributed by atoms with Gasteiger partial charge in [0.2, 0.25) is 0 Å². The van der Waals surface area contributed by atoms with Crippen LogP contribution < -0.4 is 4.90 Å². The summed E-state index contributed by atoms with van der Waals surface area (Å²) in [6.07, 6.45) is 1.31. The van der Waals surface area contributed by atoms with Crippen molar-refractivity contribution in [2.75, 3.05) is 23.5 Å². The third kappa shape index (κ3) is 3.41. The fourth-order valence-corrected chi connectivity index (χ4v) is 5.41. The molecule has 3 nitrogen and oxygen atoms in total. The van der Waals surface area contributed by atoms with Gasteiger partial charge in [0.1, 0.15) is 9.84 Å². The van der Waals surface area contributed by atoms with E-state index in [1.54, 1.807) is 11.8 Å². The highest BCUT2D eigenvalue weighted by molar-refractivity contribution is 8.01. The number of hydrogen-bond acceptors (Lipinski definition) is 4. The van der Waals surface area contributed by atoms with Crippen LogP contribution in [0, 0.1) is 0 Å². The Morgan fingerprint density at radius 3 is 2.48 bits per heavy atom. The van der Waals surface area contributed by atoms with E-state index in [9.17, 15) is 8.42 Å². The van der Waals surface area contributed by atoms with Gasteiger partial charge in [-0.15, -0.1) is 11.8 Å². The van der Waals surface area contributed by atoms with Crippen LogP contribution in [-0.2, 0) is 9.84 Å². The van der Waals surface area contributed by atoms with Gasteiger partial charge in [0.25, 0.3) is 0 Å². The number of sulfone groups is 1. The van der Waals surface area contributed by atoms with Crippen LogP contribution in [0.4, 0.5) is 11.4 Å². The molecule has 2 aromatic rings. The Hall–Kier alpha value is -1.46. The quantitative estimate of drug-likeness (QED) is 0.869. The fourth-order valence-electron chi connectivity index (χ4n) is 2.58. The number of thioether (sulfide) groups is 1. The molecule has 3 rings (SSSR count). The van der Waals surface area contributed by atoms with Gasteiger partial charge in [0.15, 0.2) is 0 Å². The summed E-state index contributed by atoms with van der Waals surface area (Å²) in [5.41, 5.74) is 2.25. The number of para-hydroxylation sites is 2. The van der Waals surface area contributed by atoms with E-state index < -0.39 is 9.84 Å². The third-order valence-corrected chi connectivity index (χ3v) is 5.86. The normalized spacial score (nSPS) is 18.3. The second-order valence-corrected chi connectivity index (χ2v) is 8.77. The Morgan fingerprint density at radius 2 is 1.76 bits per heavy atom. The molecular weight excluding hydrogens is 302 g/mol. The zero-order chi connectivity index (χ0) is 14.9. The van der Waals surface area contributed by atoms with Crippen LogP contribution in [0.15, 0.2) is 59.5 Å². The zero-order valence-corrected chi connectivity index (χ0v) is 13.4. The van der Waals surface area contributed by atoms with Gasteiger partial charge in [0.05, 0.1) is 11.4 Å². The molecule has 0 amide bonds. The van der Waals surface area contributed by atoms with E-state index in [1.807, 2.05) is 30.3 Å². The molecule has 1 aliphatic heterocycles. The minimum atomic E-state index is -2.98. The predicted molar refractivity (Wildman–Crippen MR) is 89.2 cm³/mol. The van der Waals surface area contributed by atoms with Crippen molar-refractivity contribution in [2.24, 2.45) is 0 Å². The highest BCUT2D eigenvalue weighted by Gasteiger charge is 2.28. The first-order valence-corrected chi connectivity index (χ1v) is 9.73. The Balaban J connectivity index is 1.98. The van der Waals surface area contributed by atoms with E-state index in [-0.39, 0.29) is 11.0 Å². The molecule has 1 unspecified atom stereocenters. The standard InChI is InChI=1S/C16H17NO2S2/c1-21(18,19)12-14-11-17(13-7-3-2-4-8-13)15-9-5-6-10-16(15)20-14/h2-10,14H,11-12H2,1H3. The van der Waals surface area contributed by atoms with Crippen LogP contribution >= 0.6 is 11.8 Å². The molecule has 0 saturated carbocycles. The molecule has 0 saturated heterocycles. The molecule has 5 heteroatoms. The summed E-state index contributed by atoms with van der Waals surface area (Å²) in [6, 6.07) is 18.3. The largest absolute Gasteiger partial charge is 0.339 e. The van der Waals surface area contributed by atoms with Crippen molar-refractivity contribution in [1.29, 1.82) is 0 Å². The van der Waals surface area contributed by atoms with Crippen molar-refractivity contribution >= 4 is 33.0 Å². The first-order valence-electron chi connectivity index (χ1n) is 6.79. The van der Waals surface area contributed by atoms with Crippen LogP contribution in [-0.4, -0.2) is 32.2 Å². The molecule has 1 atom stereocenters. The van der Waals surface area contributed by atoms with Crippen LogP contribution in [0.25, 0.3) is 0 Å². The number of rotatable bonds is 3. The summed E-state index contributed by atoms with van der Waals surface area (Å²) in [5.74, 6) is 0.204. The summed E-state index contributed by atoms with van der Waals surface area (Å²) in [7, 11) is -2.98. The minimum Gasteiger partial charge on any atom is -0.339 e. The van der Waals surface area contributed by atoms with Gasteiger partial charge in [0, 0.05) is 28.6 Å². The van der Waals surface area contributed by atoms with E-state index in [1.165, 1.54) is 6.26 Å². The van der Waals surface area contributed by atoms with Gasteiger partial charge in [-0.05, 0) is 24.3 Å². The molecule has 0 radical (unpaired) electrons. The highest BCUT2D eigenvalue weighted by Crippen LogP contribution is 2.42. The van der Waals surface area contributed by atoms with Crippen molar-refractivity contribution < 1.29 is 8.42 Å². The maximum absolute atomic E-state index is 11.6. The molecule has 0 N–H and O–H groups in total. The van der Waals surface area contributed by atoms with Gasteiger partial charge in [-0.1, -0.05) is 30.3 Å². The third-order valence-electron chi connectivity index (χ3n) is 3.39. The van der Waals surface area contributed by atoms with Crippen molar-refractivity contribution in [1.82, 2.24) is 0 Å². The van der Waals surface area contributed by atoms with E-state index in [4.69, 9.17) is 0 Å². The summed E-state index contributed by atoms with van der Waals surface area (Å²) in [5, 5.41) is 0.0510. The highest BCUT2D eigenvalue weighted by atomic mass is 32.2. The van der Waals surface area contributed by atoms with E-state index in [0.717, 1.165) is 16.3 Å². The smallest absolute Gasteiger partial charge is 0.148 e. The molecule has 0 aromatic heterocycles. The van der Waals surface area contributed by atoms with Crippen LogP contribution in [0.5, 0.6) is 0 Å². The first-order chi connectivity index (χ1) is 10.0. The van der Waals surface area contributed by atoms with Gasteiger partial charge >= 0.3 is 0 Å². The fraction of sp³-hybridized carbons (Fsp3) is 0.250. The average molecular weight is 319 g/mol. The Morgan fingerprint density at radius 1 is 1.10 bits per heavy atom. The van der Waals surface area contributed by atoms with Crippen LogP contribution in [0.1, 0.15) is 0 Å². The lowest BCUT2D eigenvalue weighted by Gasteiger charge is -2.35.